The van der Waals surface area contributed by atoms with Crippen molar-refractivity contribution in [2.75, 3.05) is 23.9 Å². The number of benzene rings is 1. The SMILES string of the molecule is CSCC(=O)Nc1c2c(nn1CCC1CC1)C[C@H](CCc1cccc(OCC(F)(F)F)c1)NC2=O. The molecular weight excluding hydrogens is 481 g/mol. The molecule has 0 saturated heterocycles. The van der Waals surface area contributed by atoms with Gasteiger partial charge in [-0.1, -0.05) is 25.0 Å². The van der Waals surface area contributed by atoms with E-state index in [1.165, 1.54) is 30.7 Å². The van der Waals surface area contributed by atoms with Gasteiger partial charge in [-0.15, -0.1) is 0 Å². The van der Waals surface area contributed by atoms with Gasteiger partial charge in [0.1, 0.15) is 17.1 Å². The number of aromatic nitrogens is 2. The number of fused-ring (bicyclic) bond motifs is 1. The highest BCUT2D eigenvalue weighted by molar-refractivity contribution is 7.99. The van der Waals surface area contributed by atoms with Crippen LogP contribution in [0, 0.1) is 5.92 Å². The molecule has 1 aromatic heterocycles. The van der Waals surface area contributed by atoms with E-state index in [9.17, 15) is 22.8 Å². The summed E-state index contributed by atoms with van der Waals surface area (Å²) in [5.74, 6) is 1.16. The van der Waals surface area contributed by atoms with Gasteiger partial charge in [0.15, 0.2) is 6.61 Å². The average Bonchev–Trinajstić information content (AvgIpc) is 3.56. The number of nitrogens with zero attached hydrogens (tertiary/aromatic N) is 2. The molecule has 4 rings (SSSR count). The van der Waals surface area contributed by atoms with Crippen molar-refractivity contribution >= 4 is 29.4 Å². The summed E-state index contributed by atoms with van der Waals surface area (Å²) in [6, 6.07) is 6.39. The van der Waals surface area contributed by atoms with Crippen LogP contribution in [0.4, 0.5) is 19.0 Å². The number of carbonyl (C=O) groups is 2. The van der Waals surface area contributed by atoms with Crippen molar-refractivity contribution in [1.29, 1.82) is 0 Å². The summed E-state index contributed by atoms with van der Waals surface area (Å²) < 4.78 is 43.9. The monoisotopic (exact) mass is 510 g/mol. The van der Waals surface area contributed by atoms with Gasteiger partial charge in [0.2, 0.25) is 5.91 Å². The molecule has 1 aliphatic heterocycles. The molecule has 2 heterocycles. The highest BCUT2D eigenvalue weighted by Crippen LogP contribution is 2.34. The zero-order chi connectivity index (χ0) is 25.0. The van der Waals surface area contributed by atoms with E-state index in [-0.39, 0.29) is 23.6 Å². The molecule has 1 aromatic carbocycles. The first-order valence-electron chi connectivity index (χ1n) is 11.7. The summed E-state index contributed by atoms with van der Waals surface area (Å²) in [6.45, 7) is -0.688. The number of nitrogens with one attached hydrogen (secondary N) is 2. The summed E-state index contributed by atoms with van der Waals surface area (Å²) in [7, 11) is 0. The zero-order valence-corrected chi connectivity index (χ0v) is 20.3. The third-order valence-corrected chi connectivity index (χ3v) is 6.64. The molecule has 2 N–H and O–H groups in total. The van der Waals surface area contributed by atoms with Gasteiger partial charge < -0.3 is 15.4 Å². The summed E-state index contributed by atoms with van der Waals surface area (Å²) in [6.07, 6.45) is 2.50. The Kier molecular flexibility index (Phi) is 7.93. The van der Waals surface area contributed by atoms with Gasteiger partial charge in [0, 0.05) is 19.0 Å². The fourth-order valence-electron chi connectivity index (χ4n) is 4.21. The number of anilines is 1. The van der Waals surface area contributed by atoms with Crippen molar-refractivity contribution < 1.29 is 27.5 Å². The van der Waals surface area contributed by atoms with Crippen LogP contribution in [0.3, 0.4) is 0 Å². The number of carbonyl (C=O) groups excluding carboxylic acids is 2. The maximum atomic E-state index is 13.0. The van der Waals surface area contributed by atoms with E-state index in [4.69, 9.17) is 4.74 Å². The third-order valence-electron chi connectivity index (χ3n) is 6.09. The Bertz CT molecular complexity index is 1070. The number of ether oxygens (including phenoxy) is 1. The third kappa shape index (κ3) is 7.16. The van der Waals surface area contributed by atoms with Crippen molar-refractivity contribution in [2.45, 2.75) is 57.3 Å². The van der Waals surface area contributed by atoms with E-state index >= 15 is 0 Å². The van der Waals surface area contributed by atoms with Crippen molar-refractivity contribution in [3.8, 4) is 5.75 Å². The predicted molar refractivity (Wildman–Crippen MR) is 128 cm³/mol. The van der Waals surface area contributed by atoms with Crippen LogP contribution in [0.15, 0.2) is 24.3 Å². The van der Waals surface area contributed by atoms with Crippen LogP contribution in [-0.4, -0.2) is 52.4 Å². The minimum Gasteiger partial charge on any atom is -0.484 e. The van der Waals surface area contributed by atoms with Gasteiger partial charge in [-0.3, -0.25) is 9.59 Å². The molecule has 7 nitrogen and oxygen atoms in total. The maximum Gasteiger partial charge on any atom is 0.422 e. The second-order valence-electron chi connectivity index (χ2n) is 9.07. The van der Waals surface area contributed by atoms with Crippen molar-refractivity contribution in [3.63, 3.8) is 0 Å². The molecule has 1 saturated carbocycles. The number of amides is 2. The Hall–Kier alpha value is -2.69. The zero-order valence-electron chi connectivity index (χ0n) is 19.5. The number of hydrogen-bond donors (Lipinski definition) is 2. The molecule has 0 spiro atoms. The van der Waals surface area contributed by atoms with Gasteiger partial charge in [-0.25, -0.2) is 4.68 Å². The van der Waals surface area contributed by atoms with Crippen LogP contribution in [0.25, 0.3) is 0 Å². The lowest BCUT2D eigenvalue weighted by Gasteiger charge is -2.23. The second-order valence-corrected chi connectivity index (χ2v) is 9.94. The average molecular weight is 511 g/mol. The van der Waals surface area contributed by atoms with Crippen molar-refractivity contribution in [1.82, 2.24) is 15.1 Å². The predicted octanol–water partition coefficient (Wildman–Crippen LogP) is 4.21. The Morgan fingerprint density at radius 3 is 2.83 bits per heavy atom. The highest BCUT2D eigenvalue weighted by atomic mass is 32.2. The smallest absolute Gasteiger partial charge is 0.422 e. The van der Waals surface area contributed by atoms with Crippen LogP contribution in [-0.2, 0) is 24.2 Å². The van der Waals surface area contributed by atoms with E-state index in [0.717, 1.165) is 12.0 Å². The maximum absolute atomic E-state index is 13.0. The minimum atomic E-state index is -4.39. The molecule has 2 amide bonds. The Labute approximate surface area is 206 Å². The number of halogens is 3. The molecular formula is C24H29F3N4O3S. The van der Waals surface area contributed by atoms with Crippen LogP contribution in [0.5, 0.6) is 5.75 Å². The summed E-state index contributed by atoms with van der Waals surface area (Å²) >= 11 is 1.41. The number of thioether (sulfide) groups is 1. The summed E-state index contributed by atoms with van der Waals surface area (Å²) in [4.78, 5) is 25.3. The van der Waals surface area contributed by atoms with Crippen LogP contribution in [0.2, 0.25) is 0 Å². The van der Waals surface area contributed by atoms with Gasteiger partial charge in [0.05, 0.1) is 11.4 Å². The first kappa shape index (κ1) is 25.4. The summed E-state index contributed by atoms with van der Waals surface area (Å²) in [5.41, 5.74) is 1.91. The van der Waals surface area contributed by atoms with E-state index in [0.29, 0.717) is 54.6 Å². The Balaban J connectivity index is 1.42. The van der Waals surface area contributed by atoms with Crippen LogP contribution in [0.1, 0.15) is 47.3 Å². The van der Waals surface area contributed by atoms with Gasteiger partial charge in [-0.05, 0) is 49.1 Å². The lowest BCUT2D eigenvalue weighted by Crippen LogP contribution is -2.41. The van der Waals surface area contributed by atoms with Gasteiger partial charge in [-0.2, -0.15) is 30.0 Å². The standard InChI is InChI=1S/C24H29F3N4O3S/c1-35-13-20(32)29-22-21-19(30-31(22)10-9-15-5-6-15)12-17(28-23(21)33)8-7-16-3-2-4-18(11-16)34-14-24(25,26)27/h2-4,11,15,17H,5-10,12-14H2,1H3,(H,28,33)(H,29,32)/t17-/m0/s1. The highest BCUT2D eigenvalue weighted by Gasteiger charge is 2.33. The van der Waals surface area contributed by atoms with Crippen LogP contribution >= 0.6 is 11.8 Å². The number of hydrogen-bond acceptors (Lipinski definition) is 5. The molecule has 35 heavy (non-hydrogen) atoms. The molecule has 1 fully saturated rings. The normalized spacial score (nSPS) is 17.6. The first-order chi connectivity index (χ1) is 16.7. The minimum absolute atomic E-state index is 0.162. The van der Waals surface area contributed by atoms with E-state index in [1.807, 2.05) is 12.3 Å². The summed E-state index contributed by atoms with van der Waals surface area (Å²) in [5, 5.41) is 10.6. The number of alkyl halides is 3. The second kappa shape index (κ2) is 10.9. The molecule has 0 radical (unpaired) electrons. The van der Waals surface area contributed by atoms with Crippen molar-refractivity contribution in [3.05, 3.63) is 41.1 Å². The number of aryl methyl sites for hydroxylation is 2. The molecule has 190 valence electrons. The van der Waals surface area contributed by atoms with Gasteiger partial charge in [0.25, 0.3) is 5.91 Å². The quantitative estimate of drug-likeness (QED) is 0.473. The molecule has 1 atom stereocenters. The lowest BCUT2D eigenvalue weighted by atomic mass is 9.96. The largest absolute Gasteiger partial charge is 0.484 e. The lowest BCUT2D eigenvalue weighted by molar-refractivity contribution is -0.153. The van der Waals surface area contributed by atoms with E-state index in [1.54, 1.807) is 16.8 Å². The molecule has 1 aliphatic carbocycles. The number of rotatable bonds is 11. The van der Waals surface area contributed by atoms with Gasteiger partial charge >= 0.3 is 6.18 Å². The molecule has 11 heteroatoms. The molecule has 0 unspecified atom stereocenters. The van der Waals surface area contributed by atoms with Crippen LogP contribution < -0.4 is 15.4 Å². The molecule has 0 bridgehead atoms. The molecule has 2 aliphatic rings. The van der Waals surface area contributed by atoms with Crippen molar-refractivity contribution in [2.24, 2.45) is 5.92 Å². The van der Waals surface area contributed by atoms with E-state index in [2.05, 4.69) is 15.7 Å². The topological polar surface area (TPSA) is 85.2 Å². The fourth-order valence-corrected chi connectivity index (χ4v) is 4.54. The molecule has 2 aromatic rings. The Morgan fingerprint density at radius 2 is 2.11 bits per heavy atom. The Morgan fingerprint density at radius 1 is 1.31 bits per heavy atom. The van der Waals surface area contributed by atoms with E-state index < -0.39 is 12.8 Å². The fraction of sp³-hybridized carbons (Fsp3) is 0.542. The first-order valence-corrected chi connectivity index (χ1v) is 13.1.